The van der Waals surface area contributed by atoms with Crippen LogP contribution in [0.5, 0.6) is 5.75 Å². The summed E-state index contributed by atoms with van der Waals surface area (Å²) in [6.07, 6.45) is 0.252. The molecule has 0 radical (unpaired) electrons. The molecule has 106 valence electrons. The zero-order valence-corrected chi connectivity index (χ0v) is 12.4. The highest BCUT2D eigenvalue weighted by Crippen LogP contribution is 2.28. The molecule has 1 N–H and O–H groups in total. The lowest BCUT2D eigenvalue weighted by molar-refractivity contribution is -0.147. The second-order valence-electron chi connectivity index (χ2n) is 5.88. The number of hydrogen-bond acceptors (Lipinski definition) is 2. The third kappa shape index (κ3) is 3.98. The van der Waals surface area contributed by atoms with Gasteiger partial charge in [-0.05, 0) is 29.5 Å². The molecule has 1 rings (SSSR count). The van der Waals surface area contributed by atoms with Crippen LogP contribution < -0.4 is 4.74 Å². The van der Waals surface area contributed by atoms with Crippen molar-refractivity contribution >= 4 is 5.97 Å². The summed E-state index contributed by atoms with van der Waals surface area (Å²) in [5.74, 6) is -0.381. The van der Waals surface area contributed by atoms with E-state index in [2.05, 4.69) is 20.8 Å². The maximum Gasteiger partial charge on any atom is 0.345 e. The fourth-order valence-electron chi connectivity index (χ4n) is 1.81. The normalized spacial score (nSPS) is 13.4. The second-order valence-corrected chi connectivity index (χ2v) is 5.88. The quantitative estimate of drug-likeness (QED) is 0.848. The lowest BCUT2D eigenvalue weighted by atomic mass is 9.82. The lowest BCUT2D eigenvalue weighted by Gasteiger charge is -2.24. The molecule has 1 aromatic rings. The molecule has 0 heterocycles. The minimum Gasteiger partial charge on any atom is -0.478 e. The van der Waals surface area contributed by atoms with Crippen LogP contribution in [0.1, 0.15) is 46.6 Å². The highest BCUT2D eigenvalue weighted by atomic mass is 16.5. The fraction of sp³-hybridized carbons (Fsp3) is 0.562. The molecule has 19 heavy (non-hydrogen) atoms. The van der Waals surface area contributed by atoms with Crippen molar-refractivity contribution in [3.8, 4) is 5.75 Å². The fourth-order valence-corrected chi connectivity index (χ4v) is 1.81. The average molecular weight is 264 g/mol. The molecule has 1 unspecified atom stereocenters. The Bertz CT molecular complexity index is 418. The maximum atomic E-state index is 11.1. The summed E-state index contributed by atoms with van der Waals surface area (Å²) in [7, 11) is 0. The van der Waals surface area contributed by atoms with Crippen LogP contribution in [0.4, 0.5) is 0 Å². The van der Waals surface area contributed by atoms with Crippen LogP contribution >= 0.6 is 0 Å². The van der Waals surface area contributed by atoms with Gasteiger partial charge in [-0.2, -0.15) is 0 Å². The van der Waals surface area contributed by atoms with Gasteiger partial charge in [-0.15, -0.1) is 0 Å². The van der Waals surface area contributed by atoms with Gasteiger partial charge in [0, 0.05) is 5.92 Å². The first-order valence-corrected chi connectivity index (χ1v) is 6.78. The third-order valence-electron chi connectivity index (χ3n) is 3.63. The van der Waals surface area contributed by atoms with Gasteiger partial charge < -0.3 is 9.84 Å². The van der Waals surface area contributed by atoms with E-state index in [4.69, 9.17) is 9.84 Å². The van der Waals surface area contributed by atoms with Crippen LogP contribution in [-0.4, -0.2) is 17.2 Å². The first kappa shape index (κ1) is 15.5. The van der Waals surface area contributed by atoms with Crippen LogP contribution in [0.25, 0.3) is 0 Å². The molecule has 0 saturated heterocycles. The molecular weight excluding hydrogens is 240 g/mol. The van der Waals surface area contributed by atoms with Crippen molar-refractivity contribution in [1.29, 1.82) is 0 Å². The van der Waals surface area contributed by atoms with Crippen LogP contribution in [0, 0.1) is 5.92 Å². The topological polar surface area (TPSA) is 46.5 Å². The Labute approximate surface area is 115 Å². The van der Waals surface area contributed by atoms with Crippen LogP contribution in [0.3, 0.4) is 0 Å². The first-order chi connectivity index (χ1) is 8.77. The van der Waals surface area contributed by atoms with E-state index in [-0.39, 0.29) is 11.3 Å². The van der Waals surface area contributed by atoms with Gasteiger partial charge in [-0.25, -0.2) is 4.79 Å². The molecule has 3 nitrogen and oxygen atoms in total. The van der Waals surface area contributed by atoms with Gasteiger partial charge in [0.1, 0.15) is 5.75 Å². The third-order valence-corrected chi connectivity index (χ3v) is 3.63. The number of carboxylic acid groups (broad SMARTS) is 1. The monoisotopic (exact) mass is 264 g/mol. The van der Waals surface area contributed by atoms with Crippen molar-refractivity contribution in [2.45, 2.75) is 52.6 Å². The van der Waals surface area contributed by atoms with Crippen molar-refractivity contribution in [3.05, 3.63) is 29.8 Å². The van der Waals surface area contributed by atoms with Gasteiger partial charge in [0.2, 0.25) is 0 Å². The minimum absolute atomic E-state index is 0.0655. The predicted octanol–water partition coefficient (Wildman–Crippen LogP) is 3.86. The average Bonchev–Trinajstić information content (AvgIpc) is 2.35. The van der Waals surface area contributed by atoms with Crippen molar-refractivity contribution in [2.75, 3.05) is 0 Å². The Balaban J connectivity index is 2.85. The van der Waals surface area contributed by atoms with E-state index < -0.39 is 12.1 Å². The molecule has 0 aromatic heterocycles. The lowest BCUT2D eigenvalue weighted by Crippen LogP contribution is -2.32. The van der Waals surface area contributed by atoms with Crippen molar-refractivity contribution < 1.29 is 14.6 Å². The molecule has 1 aromatic carbocycles. The number of carbonyl (C=O) groups is 1. The molecule has 0 amide bonds. The molecule has 0 aliphatic rings. The van der Waals surface area contributed by atoms with Crippen LogP contribution in [0.2, 0.25) is 0 Å². The molecule has 0 aliphatic carbocycles. The summed E-state index contributed by atoms with van der Waals surface area (Å²) in [6.45, 7) is 10.2. The Morgan fingerprint density at radius 2 is 1.79 bits per heavy atom. The highest BCUT2D eigenvalue weighted by molar-refractivity contribution is 5.73. The van der Waals surface area contributed by atoms with E-state index in [1.807, 2.05) is 38.1 Å². The van der Waals surface area contributed by atoms with E-state index >= 15 is 0 Å². The van der Waals surface area contributed by atoms with Crippen LogP contribution in [-0.2, 0) is 10.2 Å². The van der Waals surface area contributed by atoms with Gasteiger partial charge in [0.25, 0.3) is 0 Å². The number of ether oxygens (including phenoxy) is 1. The SMILES string of the molecule is CCC(C)(C)c1ccc(OC(C(=O)O)C(C)C)cc1. The van der Waals surface area contributed by atoms with Gasteiger partial charge in [-0.3, -0.25) is 0 Å². The molecule has 0 fully saturated rings. The predicted molar refractivity (Wildman–Crippen MR) is 76.6 cm³/mol. The van der Waals surface area contributed by atoms with E-state index in [1.165, 1.54) is 5.56 Å². The molecule has 0 spiro atoms. The molecule has 1 atom stereocenters. The summed E-state index contributed by atoms with van der Waals surface area (Å²) >= 11 is 0. The first-order valence-electron chi connectivity index (χ1n) is 6.78. The number of rotatable bonds is 6. The molecule has 0 saturated carbocycles. The molecular formula is C16H24O3. The van der Waals surface area contributed by atoms with Gasteiger partial charge >= 0.3 is 5.97 Å². The zero-order valence-electron chi connectivity index (χ0n) is 12.4. The Morgan fingerprint density at radius 1 is 1.26 bits per heavy atom. The Kier molecular flexibility index (Phi) is 4.98. The second kappa shape index (κ2) is 6.09. The number of carboxylic acids is 1. The van der Waals surface area contributed by atoms with Gasteiger partial charge in [0.15, 0.2) is 6.10 Å². The summed E-state index contributed by atoms with van der Waals surface area (Å²) < 4.78 is 5.54. The molecule has 0 bridgehead atoms. The molecule has 3 heteroatoms. The number of benzene rings is 1. The van der Waals surface area contributed by atoms with Gasteiger partial charge in [0.05, 0.1) is 0 Å². The van der Waals surface area contributed by atoms with Crippen molar-refractivity contribution in [1.82, 2.24) is 0 Å². The Morgan fingerprint density at radius 3 is 2.16 bits per heavy atom. The minimum atomic E-state index is -0.923. The van der Waals surface area contributed by atoms with Gasteiger partial charge in [-0.1, -0.05) is 46.8 Å². The summed E-state index contributed by atoms with van der Waals surface area (Å²) in [5, 5.41) is 9.10. The largest absolute Gasteiger partial charge is 0.478 e. The van der Waals surface area contributed by atoms with Crippen molar-refractivity contribution in [3.63, 3.8) is 0 Å². The van der Waals surface area contributed by atoms with Crippen LogP contribution in [0.15, 0.2) is 24.3 Å². The standard InChI is InChI=1S/C16H24O3/c1-6-16(4,5)12-7-9-13(10-8-12)19-14(11(2)3)15(17)18/h7-11,14H,6H2,1-5H3,(H,17,18). The van der Waals surface area contributed by atoms with E-state index in [0.29, 0.717) is 5.75 Å². The smallest absolute Gasteiger partial charge is 0.345 e. The van der Waals surface area contributed by atoms with E-state index in [9.17, 15) is 4.79 Å². The number of aliphatic carboxylic acids is 1. The summed E-state index contributed by atoms with van der Waals surface area (Å²) in [6, 6.07) is 7.73. The Hall–Kier alpha value is -1.51. The van der Waals surface area contributed by atoms with E-state index in [0.717, 1.165) is 6.42 Å². The molecule has 0 aliphatic heterocycles. The highest BCUT2D eigenvalue weighted by Gasteiger charge is 2.24. The van der Waals surface area contributed by atoms with Crippen molar-refractivity contribution in [2.24, 2.45) is 5.92 Å². The summed E-state index contributed by atoms with van der Waals surface area (Å²) in [5.41, 5.74) is 1.36. The van der Waals surface area contributed by atoms with E-state index in [1.54, 1.807) is 0 Å². The number of hydrogen-bond donors (Lipinski definition) is 1. The maximum absolute atomic E-state index is 11.1. The summed E-state index contributed by atoms with van der Waals surface area (Å²) in [4.78, 5) is 11.1. The zero-order chi connectivity index (χ0) is 14.6.